The summed E-state index contributed by atoms with van der Waals surface area (Å²) in [7, 11) is 0. The van der Waals surface area contributed by atoms with E-state index >= 15 is 0 Å². The minimum absolute atomic E-state index is 0.960. The number of hydrogen-bond acceptors (Lipinski definition) is 4. The molecule has 7 rings (SSSR count). The molecule has 0 aliphatic heterocycles. The molecule has 4 aromatic heterocycles. The lowest BCUT2D eigenvalue weighted by Crippen LogP contribution is -1.66. The van der Waals surface area contributed by atoms with E-state index in [1.165, 1.54) is 40.3 Å². The fraction of sp³-hybridized carbons (Fsp3) is 0. The molecule has 26 heavy (non-hydrogen) atoms. The van der Waals surface area contributed by atoms with Gasteiger partial charge in [0.2, 0.25) is 0 Å². The van der Waals surface area contributed by atoms with Gasteiger partial charge in [0.05, 0.1) is 9.40 Å². The summed E-state index contributed by atoms with van der Waals surface area (Å²) in [6.45, 7) is 0. The molecule has 0 aliphatic rings. The third-order valence-electron chi connectivity index (χ3n) is 5.09. The van der Waals surface area contributed by atoms with Gasteiger partial charge in [-0.2, -0.15) is 0 Å². The third-order valence-corrected chi connectivity index (χ3v) is 7.43. The lowest BCUT2D eigenvalue weighted by molar-refractivity contribution is 0.672. The van der Waals surface area contributed by atoms with Crippen LogP contribution in [0.3, 0.4) is 0 Å². The van der Waals surface area contributed by atoms with Crippen molar-refractivity contribution >= 4 is 85.4 Å². The molecule has 0 radical (unpaired) electrons. The first-order chi connectivity index (χ1) is 12.9. The van der Waals surface area contributed by atoms with Crippen LogP contribution in [0.2, 0.25) is 0 Å². The lowest BCUT2D eigenvalue weighted by Gasteiger charge is -1.93. The number of hydrogen-bond donors (Lipinski definition) is 0. The standard InChI is InChI=1S/C22H10O2S2/c1-3-7-15-11(5-1)21-19(23-15)13-9-18-14(10-17(13)25-21)20-22(26-18)12-6-2-4-8-16(12)24-20/h1-10H. The molecule has 0 saturated carbocycles. The maximum Gasteiger partial charge on any atom is 0.154 e. The van der Waals surface area contributed by atoms with Crippen LogP contribution in [-0.4, -0.2) is 0 Å². The predicted octanol–water partition coefficient (Wildman–Crippen LogP) is 7.91. The Morgan fingerprint density at radius 2 is 1.00 bits per heavy atom. The van der Waals surface area contributed by atoms with Crippen molar-refractivity contribution in [1.82, 2.24) is 0 Å². The summed E-state index contributed by atoms with van der Waals surface area (Å²) >= 11 is 3.60. The van der Waals surface area contributed by atoms with Gasteiger partial charge in [-0.25, -0.2) is 0 Å². The molecule has 2 nitrogen and oxygen atoms in total. The minimum Gasteiger partial charge on any atom is -0.454 e. The van der Waals surface area contributed by atoms with Crippen LogP contribution in [0.4, 0.5) is 0 Å². The predicted molar refractivity (Wildman–Crippen MR) is 112 cm³/mol. The zero-order valence-corrected chi connectivity index (χ0v) is 15.0. The summed E-state index contributed by atoms with van der Waals surface area (Å²) in [6, 6.07) is 21.1. The van der Waals surface area contributed by atoms with Gasteiger partial charge >= 0.3 is 0 Å². The molecule has 0 bridgehead atoms. The van der Waals surface area contributed by atoms with Crippen LogP contribution in [-0.2, 0) is 0 Å². The number of thiophene rings is 2. The Morgan fingerprint density at radius 3 is 1.50 bits per heavy atom. The molecular formula is C22H10O2S2. The monoisotopic (exact) mass is 370 g/mol. The lowest BCUT2D eigenvalue weighted by atomic mass is 10.2. The van der Waals surface area contributed by atoms with E-state index in [-0.39, 0.29) is 0 Å². The maximum atomic E-state index is 6.17. The Morgan fingerprint density at radius 1 is 0.538 bits per heavy atom. The van der Waals surface area contributed by atoms with Crippen LogP contribution in [0.1, 0.15) is 0 Å². The van der Waals surface area contributed by atoms with Crippen molar-refractivity contribution in [3.05, 3.63) is 60.7 Å². The smallest absolute Gasteiger partial charge is 0.154 e. The van der Waals surface area contributed by atoms with E-state index in [2.05, 4.69) is 36.4 Å². The molecule has 0 unspecified atom stereocenters. The van der Waals surface area contributed by atoms with Gasteiger partial charge in [0.25, 0.3) is 0 Å². The van der Waals surface area contributed by atoms with Crippen molar-refractivity contribution in [2.24, 2.45) is 0 Å². The van der Waals surface area contributed by atoms with E-state index in [1.807, 2.05) is 24.3 Å². The van der Waals surface area contributed by atoms with Crippen molar-refractivity contribution in [1.29, 1.82) is 0 Å². The maximum absolute atomic E-state index is 6.17. The van der Waals surface area contributed by atoms with Gasteiger partial charge in [0.1, 0.15) is 11.2 Å². The topological polar surface area (TPSA) is 26.3 Å². The van der Waals surface area contributed by atoms with Gasteiger partial charge in [0.15, 0.2) is 11.2 Å². The Hall–Kier alpha value is -2.82. The summed E-state index contributed by atoms with van der Waals surface area (Å²) in [5.74, 6) is 0. The van der Waals surface area contributed by atoms with Crippen LogP contribution in [0.25, 0.3) is 62.7 Å². The molecule has 0 fully saturated rings. The molecule has 0 aliphatic carbocycles. The second-order valence-electron chi connectivity index (χ2n) is 6.56. The van der Waals surface area contributed by atoms with Crippen molar-refractivity contribution in [3.8, 4) is 0 Å². The fourth-order valence-electron chi connectivity index (χ4n) is 3.90. The second-order valence-corrected chi connectivity index (χ2v) is 8.67. The number of fused-ring (bicyclic) bond motifs is 10. The van der Waals surface area contributed by atoms with Gasteiger partial charge in [-0.3, -0.25) is 0 Å². The van der Waals surface area contributed by atoms with Crippen LogP contribution < -0.4 is 0 Å². The molecule has 4 heterocycles. The Balaban J connectivity index is 1.67. The summed E-state index contributed by atoms with van der Waals surface area (Å²) in [4.78, 5) is 0. The van der Waals surface area contributed by atoms with Crippen LogP contribution >= 0.6 is 22.7 Å². The van der Waals surface area contributed by atoms with Gasteiger partial charge in [-0.15, -0.1) is 22.7 Å². The molecule has 0 spiro atoms. The normalized spacial score (nSPS) is 12.6. The first kappa shape index (κ1) is 13.4. The second kappa shape index (κ2) is 4.47. The van der Waals surface area contributed by atoms with Crippen molar-refractivity contribution in [3.63, 3.8) is 0 Å². The Kier molecular flexibility index (Phi) is 2.30. The molecule has 7 aromatic rings. The molecule has 0 saturated heterocycles. The summed E-state index contributed by atoms with van der Waals surface area (Å²) in [5.41, 5.74) is 3.93. The number of benzene rings is 3. The van der Waals surface area contributed by atoms with Crippen LogP contribution in [0.5, 0.6) is 0 Å². The zero-order valence-electron chi connectivity index (χ0n) is 13.4. The highest BCUT2D eigenvalue weighted by Crippen LogP contribution is 2.46. The Bertz CT molecular complexity index is 1510. The molecule has 122 valence electrons. The summed E-state index contributed by atoms with van der Waals surface area (Å²) < 4.78 is 17.3. The average Bonchev–Trinajstić information content (AvgIpc) is 3.38. The van der Waals surface area contributed by atoms with E-state index in [0.717, 1.165) is 22.3 Å². The van der Waals surface area contributed by atoms with Gasteiger partial charge in [-0.1, -0.05) is 24.3 Å². The van der Waals surface area contributed by atoms with E-state index in [1.54, 1.807) is 22.7 Å². The van der Waals surface area contributed by atoms with E-state index < -0.39 is 0 Å². The highest BCUT2D eigenvalue weighted by molar-refractivity contribution is 7.28. The number of rotatable bonds is 0. The van der Waals surface area contributed by atoms with E-state index in [9.17, 15) is 0 Å². The van der Waals surface area contributed by atoms with Crippen LogP contribution in [0, 0.1) is 0 Å². The minimum atomic E-state index is 0.960. The molecule has 0 atom stereocenters. The fourth-order valence-corrected chi connectivity index (χ4v) is 6.27. The van der Waals surface area contributed by atoms with Crippen molar-refractivity contribution in [2.45, 2.75) is 0 Å². The average molecular weight is 370 g/mol. The summed E-state index contributed by atoms with van der Waals surface area (Å²) in [5, 5.41) is 4.78. The van der Waals surface area contributed by atoms with Gasteiger partial charge in [0, 0.05) is 30.9 Å². The van der Waals surface area contributed by atoms with Crippen LogP contribution in [0.15, 0.2) is 69.5 Å². The quantitative estimate of drug-likeness (QED) is 0.271. The highest BCUT2D eigenvalue weighted by atomic mass is 32.1. The highest BCUT2D eigenvalue weighted by Gasteiger charge is 2.18. The van der Waals surface area contributed by atoms with E-state index in [0.29, 0.717) is 0 Å². The molecular weight excluding hydrogens is 360 g/mol. The first-order valence-electron chi connectivity index (χ1n) is 8.44. The molecule has 0 amide bonds. The SMILES string of the molecule is c1ccc2c(c1)oc1c3cc4sc5c6ccccc6oc5c4cc3sc21. The summed E-state index contributed by atoms with van der Waals surface area (Å²) in [6.07, 6.45) is 0. The molecule has 3 aromatic carbocycles. The molecule has 4 heteroatoms. The first-order valence-corrected chi connectivity index (χ1v) is 10.1. The third kappa shape index (κ3) is 1.53. The Labute approximate surface area is 154 Å². The number of furan rings is 2. The van der Waals surface area contributed by atoms with Crippen molar-refractivity contribution in [2.75, 3.05) is 0 Å². The largest absolute Gasteiger partial charge is 0.454 e. The van der Waals surface area contributed by atoms with Crippen molar-refractivity contribution < 1.29 is 8.83 Å². The number of para-hydroxylation sites is 2. The van der Waals surface area contributed by atoms with Gasteiger partial charge in [-0.05, 0) is 36.4 Å². The zero-order chi connectivity index (χ0) is 16.8. The molecule has 0 N–H and O–H groups in total. The van der Waals surface area contributed by atoms with Gasteiger partial charge < -0.3 is 8.83 Å². The van der Waals surface area contributed by atoms with E-state index in [4.69, 9.17) is 8.83 Å².